The Balaban J connectivity index is 2.35. The fourth-order valence-electron chi connectivity index (χ4n) is 3.86. The zero-order valence-corrected chi connectivity index (χ0v) is 17.9. The molecule has 0 unspecified atom stereocenters. The summed E-state index contributed by atoms with van der Waals surface area (Å²) < 4.78 is 55.7. The normalized spacial score (nSPS) is 39.1. The number of hydrogen-bond donors (Lipinski definition) is 4. The highest BCUT2D eigenvalue weighted by molar-refractivity contribution is 5.67. The maximum Gasteiger partial charge on any atom is 0.312 e. The van der Waals surface area contributed by atoms with Crippen molar-refractivity contribution in [3.05, 3.63) is 0 Å². The quantitative estimate of drug-likeness (QED) is 0.244. The van der Waals surface area contributed by atoms with Gasteiger partial charge in [-0.15, -0.1) is 0 Å². The lowest BCUT2D eigenvalue weighted by molar-refractivity contribution is -0.327. The molecule has 2 aliphatic rings. The molecule has 2 fully saturated rings. The van der Waals surface area contributed by atoms with Crippen molar-refractivity contribution in [2.45, 2.75) is 88.0 Å². The second kappa shape index (κ2) is 10.3. The van der Waals surface area contributed by atoms with E-state index in [2.05, 4.69) is 0 Å². The maximum absolute atomic E-state index is 14.7. The zero-order chi connectivity index (χ0) is 24.4. The van der Waals surface area contributed by atoms with Crippen molar-refractivity contribution in [3.63, 3.8) is 0 Å². The third kappa shape index (κ3) is 5.68. The summed E-state index contributed by atoms with van der Waals surface area (Å²) in [5, 5.41) is 0. The molecule has 0 spiro atoms. The van der Waals surface area contributed by atoms with Crippen molar-refractivity contribution in [2.24, 2.45) is 22.9 Å². The first-order chi connectivity index (χ1) is 14.8. The van der Waals surface area contributed by atoms with E-state index in [4.69, 9.17) is 46.6 Å². The van der Waals surface area contributed by atoms with E-state index in [1.165, 1.54) is 0 Å². The molecule has 0 radical (unpaired) electrons. The molecule has 1 saturated heterocycles. The molecular weight excluding hydrogens is 438 g/mol. The van der Waals surface area contributed by atoms with Crippen molar-refractivity contribution in [1.82, 2.24) is 0 Å². The summed E-state index contributed by atoms with van der Waals surface area (Å²) in [5.74, 6) is -6.14. The summed E-state index contributed by atoms with van der Waals surface area (Å²) in [6.07, 6.45) is -9.11. The predicted octanol–water partition coefficient (Wildman–Crippen LogP) is -2.13. The summed E-state index contributed by atoms with van der Waals surface area (Å²) >= 11 is 0. The lowest BCUT2D eigenvalue weighted by Gasteiger charge is -2.48. The van der Waals surface area contributed by atoms with E-state index in [9.17, 15) is 23.2 Å². The van der Waals surface area contributed by atoms with Gasteiger partial charge in [-0.2, -0.15) is 8.78 Å². The van der Waals surface area contributed by atoms with E-state index in [-0.39, 0.29) is 6.42 Å². The first-order valence-corrected chi connectivity index (χ1v) is 9.96. The summed E-state index contributed by atoms with van der Waals surface area (Å²) in [5.41, 5.74) is 23.5. The van der Waals surface area contributed by atoms with Gasteiger partial charge in [-0.25, -0.2) is 0 Å². The van der Waals surface area contributed by atoms with E-state index in [1.54, 1.807) is 0 Å². The van der Waals surface area contributed by atoms with E-state index < -0.39 is 85.3 Å². The zero-order valence-electron chi connectivity index (χ0n) is 17.9. The topological polar surface area (TPSA) is 201 Å². The predicted molar refractivity (Wildman–Crippen MR) is 103 cm³/mol. The molecular formula is C18H30F2N4O8. The maximum atomic E-state index is 14.7. The Bertz CT molecular complexity index is 714. The molecule has 8 N–H and O–H groups in total. The van der Waals surface area contributed by atoms with Crippen LogP contribution < -0.4 is 22.9 Å². The van der Waals surface area contributed by atoms with Crippen LogP contribution in [0.15, 0.2) is 0 Å². The summed E-state index contributed by atoms with van der Waals surface area (Å²) in [6, 6.07) is -3.32. The largest absolute Gasteiger partial charge is 0.457 e. The van der Waals surface area contributed by atoms with Crippen molar-refractivity contribution in [2.75, 3.05) is 6.54 Å². The molecule has 14 heteroatoms. The minimum atomic E-state index is -3.70. The van der Waals surface area contributed by atoms with Gasteiger partial charge in [0.15, 0.2) is 24.6 Å². The number of esters is 3. The van der Waals surface area contributed by atoms with Crippen LogP contribution in [-0.4, -0.2) is 85.3 Å². The van der Waals surface area contributed by atoms with Crippen LogP contribution in [0, 0.1) is 0 Å². The Kier molecular flexibility index (Phi) is 8.47. The number of nitrogens with two attached hydrogens (primary N) is 4. The van der Waals surface area contributed by atoms with E-state index >= 15 is 0 Å². The number of carbonyl (C=O) groups excluding carboxylic acids is 3. The first kappa shape index (κ1) is 26.3. The lowest BCUT2D eigenvalue weighted by atomic mass is 9.84. The Morgan fingerprint density at radius 1 is 0.906 bits per heavy atom. The van der Waals surface area contributed by atoms with Crippen LogP contribution >= 0.6 is 0 Å². The molecule has 32 heavy (non-hydrogen) atoms. The second-order valence-electron chi connectivity index (χ2n) is 7.82. The van der Waals surface area contributed by atoms with Crippen molar-refractivity contribution in [3.8, 4) is 0 Å². The van der Waals surface area contributed by atoms with E-state index in [0.717, 1.165) is 20.8 Å². The SMILES string of the molecule is CC(=O)O[C@@H]1[C@@H](OC(C)=O)[C@H](N)C[C@H](N)[C@H]1O[C@H]1O[C@H](CN)C(F)(F)[C@H](OC(C)=O)[C@H]1N. The average molecular weight is 468 g/mol. The molecule has 0 amide bonds. The van der Waals surface area contributed by atoms with Gasteiger partial charge >= 0.3 is 23.8 Å². The monoisotopic (exact) mass is 468 g/mol. The summed E-state index contributed by atoms with van der Waals surface area (Å²) in [7, 11) is 0. The average Bonchev–Trinajstić information content (AvgIpc) is 2.65. The molecule has 0 aromatic carbocycles. The molecule has 1 heterocycles. The third-order valence-corrected chi connectivity index (χ3v) is 5.21. The van der Waals surface area contributed by atoms with Crippen LogP contribution in [0.5, 0.6) is 0 Å². The van der Waals surface area contributed by atoms with Gasteiger partial charge < -0.3 is 46.6 Å². The highest BCUT2D eigenvalue weighted by Crippen LogP contribution is 2.37. The second-order valence-corrected chi connectivity index (χ2v) is 7.82. The smallest absolute Gasteiger partial charge is 0.312 e. The van der Waals surface area contributed by atoms with Gasteiger partial charge in [-0.05, 0) is 6.42 Å². The number of carbonyl (C=O) groups is 3. The van der Waals surface area contributed by atoms with Crippen LogP contribution in [-0.2, 0) is 38.1 Å². The highest BCUT2D eigenvalue weighted by atomic mass is 19.3. The van der Waals surface area contributed by atoms with Crippen molar-refractivity contribution < 1.29 is 46.8 Å². The summed E-state index contributed by atoms with van der Waals surface area (Å²) in [6.45, 7) is 2.56. The number of halogens is 2. The third-order valence-electron chi connectivity index (χ3n) is 5.21. The minimum Gasteiger partial charge on any atom is -0.457 e. The number of alkyl halides is 2. The van der Waals surface area contributed by atoms with Crippen molar-refractivity contribution >= 4 is 17.9 Å². The summed E-state index contributed by atoms with van der Waals surface area (Å²) in [4.78, 5) is 34.6. The fraction of sp³-hybridized carbons (Fsp3) is 0.833. The van der Waals surface area contributed by atoms with Crippen LogP contribution in [0.2, 0.25) is 0 Å². The molecule has 2 rings (SSSR count). The van der Waals surface area contributed by atoms with Gasteiger partial charge in [0.05, 0.1) is 6.04 Å². The van der Waals surface area contributed by atoms with E-state index in [0.29, 0.717) is 0 Å². The number of ether oxygens (including phenoxy) is 5. The molecule has 1 aliphatic carbocycles. The standard InChI is InChI=1S/C18H30F2N4O8/c1-6(25)28-13-9(22)4-10(23)14(15(13)29-7(2)26)32-17-12(24)16(30-8(3)27)18(19,20)11(5-21)31-17/h9-17H,4-5,21-24H2,1-3H3/t9-,10+,11-,12-,13+,14-,15-,16-,17-/m1/s1. The van der Waals surface area contributed by atoms with Crippen LogP contribution in [0.25, 0.3) is 0 Å². The van der Waals surface area contributed by atoms with Gasteiger partial charge in [0, 0.05) is 39.4 Å². The molecule has 0 aromatic heterocycles. The van der Waals surface area contributed by atoms with E-state index in [1.807, 2.05) is 0 Å². The van der Waals surface area contributed by atoms with Gasteiger partial charge in [-0.3, -0.25) is 14.4 Å². The van der Waals surface area contributed by atoms with Gasteiger partial charge in [-0.1, -0.05) is 0 Å². The van der Waals surface area contributed by atoms with Gasteiger partial charge in [0.2, 0.25) is 0 Å². The Hall–Kier alpha value is -1.97. The fourth-order valence-corrected chi connectivity index (χ4v) is 3.86. The van der Waals surface area contributed by atoms with Gasteiger partial charge in [0.1, 0.15) is 12.2 Å². The molecule has 12 nitrogen and oxygen atoms in total. The van der Waals surface area contributed by atoms with Crippen LogP contribution in [0.4, 0.5) is 8.78 Å². The molecule has 184 valence electrons. The lowest BCUT2D eigenvalue weighted by Crippen LogP contribution is -2.70. The Labute approximate surface area is 183 Å². The number of hydrogen-bond acceptors (Lipinski definition) is 12. The van der Waals surface area contributed by atoms with Crippen molar-refractivity contribution in [1.29, 1.82) is 0 Å². The molecule has 1 aliphatic heterocycles. The molecule has 0 bridgehead atoms. The minimum absolute atomic E-state index is 0.0756. The van der Waals surface area contributed by atoms with Gasteiger partial charge in [0.25, 0.3) is 0 Å². The van der Waals surface area contributed by atoms with Crippen LogP contribution in [0.3, 0.4) is 0 Å². The Morgan fingerprint density at radius 2 is 1.41 bits per heavy atom. The van der Waals surface area contributed by atoms with Crippen LogP contribution in [0.1, 0.15) is 27.2 Å². The number of rotatable bonds is 6. The highest BCUT2D eigenvalue weighted by Gasteiger charge is 2.60. The molecule has 9 atom stereocenters. The Morgan fingerprint density at radius 3 is 1.91 bits per heavy atom. The molecule has 0 aromatic rings. The first-order valence-electron chi connectivity index (χ1n) is 9.96. The molecule has 1 saturated carbocycles.